The van der Waals surface area contributed by atoms with E-state index >= 15 is 0 Å². The lowest BCUT2D eigenvalue weighted by molar-refractivity contribution is -0.308. The molecule has 0 bridgehead atoms. The van der Waals surface area contributed by atoms with Gasteiger partial charge in [0, 0.05) is 34.3 Å². The molecule has 10 heteroatoms. The van der Waals surface area contributed by atoms with Gasteiger partial charge in [0.25, 0.3) is 0 Å². The Kier molecular flexibility index (Phi) is 14.9. The van der Waals surface area contributed by atoms with Gasteiger partial charge < -0.3 is 28.4 Å². The molecule has 1 aliphatic heterocycles. The Morgan fingerprint density at radius 2 is 1.23 bits per heavy atom. The smallest absolute Gasteiger partial charge is 0.303 e. The molecule has 0 aromatic carbocycles. The van der Waals surface area contributed by atoms with E-state index in [0.717, 1.165) is 38.5 Å². The van der Waals surface area contributed by atoms with Crippen molar-refractivity contribution in [1.29, 1.82) is 0 Å². The van der Waals surface area contributed by atoms with Gasteiger partial charge in [-0.2, -0.15) is 0 Å². The lowest BCUT2D eigenvalue weighted by Gasteiger charge is -2.44. The molecule has 0 aromatic heterocycles. The maximum Gasteiger partial charge on any atom is 0.303 e. The van der Waals surface area contributed by atoms with E-state index in [9.17, 15) is 19.2 Å². The first-order valence-corrected chi connectivity index (χ1v) is 12.2. The van der Waals surface area contributed by atoms with E-state index < -0.39 is 54.6 Å². The normalized spacial score (nSPS) is 23.7. The number of hydrogen-bond acceptors (Lipinski definition) is 10. The minimum atomic E-state index is -1.21. The van der Waals surface area contributed by atoms with E-state index in [0.29, 0.717) is 6.61 Å². The summed E-state index contributed by atoms with van der Waals surface area (Å²) >= 11 is 0. The van der Waals surface area contributed by atoms with Gasteiger partial charge in [0.15, 0.2) is 24.6 Å². The number of hydrogen-bond donors (Lipinski definition) is 0. The summed E-state index contributed by atoms with van der Waals surface area (Å²) in [6, 6.07) is 0. The van der Waals surface area contributed by atoms with Crippen molar-refractivity contribution >= 4 is 23.9 Å². The van der Waals surface area contributed by atoms with Crippen molar-refractivity contribution in [3.63, 3.8) is 0 Å². The molecule has 5 unspecified atom stereocenters. The van der Waals surface area contributed by atoms with E-state index in [4.69, 9.17) is 28.4 Å². The van der Waals surface area contributed by atoms with Gasteiger partial charge in [-0.15, -0.1) is 6.58 Å². The number of ether oxygens (including phenoxy) is 6. The highest BCUT2D eigenvalue weighted by Crippen LogP contribution is 2.30. The second kappa shape index (κ2) is 17.0. The second-order valence-electron chi connectivity index (χ2n) is 8.49. The third-order valence-electron chi connectivity index (χ3n) is 5.28. The Hall–Kier alpha value is -2.46. The average molecular weight is 501 g/mol. The van der Waals surface area contributed by atoms with Crippen LogP contribution in [-0.4, -0.2) is 67.8 Å². The average Bonchev–Trinajstić information content (AvgIpc) is 2.76. The number of esters is 4. The number of allylic oxidation sites excluding steroid dienone is 1. The van der Waals surface area contributed by atoms with Crippen LogP contribution in [0.3, 0.4) is 0 Å². The number of carbonyl (C=O) groups excluding carboxylic acids is 4. The maximum absolute atomic E-state index is 11.8. The van der Waals surface area contributed by atoms with Crippen LogP contribution in [0.5, 0.6) is 0 Å². The third-order valence-corrected chi connectivity index (χ3v) is 5.28. The molecule has 0 N–H and O–H groups in total. The molecule has 10 nitrogen and oxygen atoms in total. The second-order valence-corrected chi connectivity index (χ2v) is 8.49. The van der Waals surface area contributed by atoms with Gasteiger partial charge in [0.1, 0.15) is 12.7 Å². The largest absolute Gasteiger partial charge is 0.463 e. The molecule has 1 rings (SSSR count). The zero-order valence-corrected chi connectivity index (χ0v) is 21.3. The molecule has 200 valence electrons. The fraction of sp³-hybridized carbons (Fsp3) is 0.760. The van der Waals surface area contributed by atoms with Crippen LogP contribution in [0.15, 0.2) is 12.7 Å². The highest BCUT2D eigenvalue weighted by molar-refractivity contribution is 5.68. The van der Waals surface area contributed by atoms with Crippen LogP contribution in [0, 0.1) is 0 Å². The fourth-order valence-corrected chi connectivity index (χ4v) is 3.80. The summed E-state index contributed by atoms with van der Waals surface area (Å²) in [5.74, 6) is -2.57. The first-order chi connectivity index (χ1) is 16.6. The van der Waals surface area contributed by atoms with E-state index in [-0.39, 0.29) is 6.61 Å². The molecule has 0 spiro atoms. The first-order valence-electron chi connectivity index (χ1n) is 12.2. The number of unbranched alkanes of at least 4 members (excludes halogenated alkanes) is 7. The van der Waals surface area contributed by atoms with Crippen molar-refractivity contribution < 1.29 is 47.6 Å². The summed E-state index contributed by atoms with van der Waals surface area (Å²) in [5.41, 5.74) is 0. The predicted molar refractivity (Wildman–Crippen MR) is 125 cm³/mol. The Labute approximate surface area is 207 Å². The van der Waals surface area contributed by atoms with Crippen molar-refractivity contribution in [2.45, 2.75) is 110 Å². The molecule has 35 heavy (non-hydrogen) atoms. The number of rotatable bonds is 16. The van der Waals surface area contributed by atoms with Crippen molar-refractivity contribution in [2.24, 2.45) is 0 Å². The molecule has 0 radical (unpaired) electrons. The molecule has 1 fully saturated rings. The topological polar surface area (TPSA) is 124 Å². The summed E-state index contributed by atoms with van der Waals surface area (Å²) in [6.45, 7) is 8.54. The lowest BCUT2D eigenvalue weighted by Crippen LogP contribution is -2.63. The predicted octanol–water partition coefficient (Wildman–Crippen LogP) is 3.39. The minimum Gasteiger partial charge on any atom is -0.463 e. The van der Waals surface area contributed by atoms with Crippen LogP contribution in [-0.2, 0) is 47.6 Å². The van der Waals surface area contributed by atoms with Crippen molar-refractivity contribution in [1.82, 2.24) is 0 Å². The van der Waals surface area contributed by atoms with Gasteiger partial charge in [-0.05, 0) is 19.3 Å². The van der Waals surface area contributed by atoms with Gasteiger partial charge in [0.2, 0.25) is 0 Å². The Bertz CT molecular complexity index is 692. The Morgan fingerprint density at radius 3 is 1.77 bits per heavy atom. The Balaban J connectivity index is 2.83. The van der Waals surface area contributed by atoms with Crippen LogP contribution in [0.2, 0.25) is 0 Å². The molecular weight excluding hydrogens is 460 g/mol. The molecule has 0 aliphatic carbocycles. The van der Waals surface area contributed by atoms with Crippen LogP contribution >= 0.6 is 0 Å². The van der Waals surface area contributed by atoms with Crippen molar-refractivity contribution in [3.8, 4) is 0 Å². The van der Waals surface area contributed by atoms with E-state index in [1.165, 1.54) is 40.5 Å². The van der Waals surface area contributed by atoms with Gasteiger partial charge >= 0.3 is 23.9 Å². The number of carbonyl (C=O) groups is 4. The summed E-state index contributed by atoms with van der Waals surface area (Å²) in [7, 11) is 0. The molecule has 0 amide bonds. The molecule has 0 saturated carbocycles. The van der Waals surface area contributed by atoms with Gasteiger partial charge in [-0.1, -0.05) is 38.2 Å². The summed E-state index contributed by atoms with van der Waals surface area (Å²) in [6.07, 6.45) is 4.72. The summed E-state index contributed by atoms with van der Waals surface area (Å²) in [4.78, 5) is 46.7. The van der Waals surface area contributed by atoms with E-state index in [1.807, 2.05) is 6.08 Å². The summed E-state index contributed by atoms with van der Waals surface area (Å²) < 4.78 is 32.9. The van der Waals surface area contributed by atoms with E-state index in [2.05, 4.69) is 6.58 Å². The Morgan fingerprint density at radius 1 is 0.714 bits per heavy atom. The van der Waals surface area contributed by atoms with Gasteiger partial charge in [-0.3, -0.25) is 19.2 Å². The van der Waals surface area contributed by atoms with Gasteiger partial charge in [0.05, 0.1) is 0 Å². The molecule has 0 aromatic rings. The van der Waals surface area contributed by atoms with Crippen LogP contribution in [0.4, 0.5) is 0 Å². The quantitative estimate of drug-likeness (QED) is 0.135. The van der Waals surface area contributed by atoms with E-state index in [1.54, 1.807) is 0 Å². The monoisotopic (exact) mass is 500 g/mol. The van der Waals surface area contributed by atoms with Crippen molar-refractivity contribution in [2.75, 3.05) is 13.2 Å². The fourth-order valence-electron chi connectivity index (χ4n) is 3.80. The maximum atomic E-state index is 11.8. The first kappa shape index (κ1) is 30.6. The zero-order chi connectivity index (χ0) is 26.2. The third kappa shape index (κ3) is 12.7. The highest BCUT2D eigenvalue weighted by atomic mass is 16.7. The highest BCUT2D eigenvalue weighted by Gasteiger charge is 2.52. The zero-order valence-electron chi connectivity index (χ0n) is 21.3. The molecule has 1 saturated heterocycles. The SMILES string of the molecule is C=CCCCCCCCCCOC1OC(COC(C)=O)C(OC(C)=O)C(OC(C)=O)C1OC(C)=O. The molecular formula is C25H40O10. The molecule has 1 aliphatic rings. The van der Waals surface area contributed by atoms with Crippen LogP contribution in [0.25, 0.3) is 0 Å². The summed E-state index contributed by atoms with van der Waals surface area (Å²) in [5, 5.41) is 0. The van der Waals surface area contributed by atoms with Crippen molar-refractivity contribution in [3.05, 3.63) is 12.7 Å². The minimum absolute atomic E-state index is 0.274. The standard InChI is InChI=1S/C25H40O10/c1-6-7-8-9-10-11-12-13-14-15-30-25-24(34-20(5)29)23(33-19(4)28)22(32-18(3)27)21(35-25)16-31-17(2)26/h6,21-25H,1,7-16H2,2-5H3. The lowest BCUT2D eigenvalue weighted by atomic mass is 9.98. The van der Waals surface area contributed by atoms with Crippen LogP contribution in [0.1, 0.15) is 79.1 Å². The van der Waals surface area contributed by atoms with Gasteiger partial charge in [-0.25, -0.2) is 0 Å². The molecule has 5 atom stereocenters. The van der Waals surface area contributed by atoms with Crippen LogP contribution < -0.4 is 0 Å². The molecule has 1 heterocycles.